The molecule has 0 aromatic rings. The van der Waals surface area contributed by atoms with Gasteiger partial charge in [0.1, 0.15) is 5.60 Å². The van der Waals surface area contributed by atoms with E-state index >= 15 is 0 Å². The maximum absolute atomic E-state index is 11.4. The van der Waals surface area contributed by atoms with Crippen LogP contribution in [0.4, 0.5) is 0 Å². The van der Waals surface area contributed by atoms with Crippen molar-refractivity contribution in [2.45, 2.75) is 32.3 Å². The Kier molecular flexibility index (Phi) is 1.84. The fourth-order valence-corrected chi connectivity index (χ4v) is 2.93. The van der Waals surface area contributed by atoms with Crippen molar-refractivity contribution in [1.82, 2.24) is 0 Å². The number of carboxylic acids is 1. The minimum absolute atomic E-state index is 0.0164. The number of fused-ring (bicyclic) bond motifs is 2. The van der Waals surface area contributed by atoms with Crippen molar-refractivity contribution < 1.29 is 19.4 Å². The summed E-state index contributed by atoms with van der Waals surface area (Å²) in [6, 6.07) is 0. The number of esters is 1. The van der Waals surface area contributed by atoms with E-state index in [9.17, 15) is 9.59 Å². The van der Waals surface area contributed by atoms with Crippen LogP contribution < -0.4 is 0 Å². The maximum Gasteiger partial charge on any atom is 0.310 e. The van der Waals surface area contributed by atoms with Gasteiger partial charge in [-0.25, -0.2) is 0 Å². The summed E-state index contributed by atoms with van der Waals surface area (Å²) in [4.78, 5) is 22.4. The molecule has 1 heterocycles. The lowest BCUT2D eigenvalue weighted by atomic mass is 9.69. The van der Waals surface area contributed by atoms with Crippen molar-refractivity contribution in [1.29, 1.82) is 0 Å². The molecule has 0 unspecified atom stereocenters. The Labute approximate surface area is 82.2 Å². The van der Waals surface area contributed by atoms with Crippen LogP contribution in [0.5, 0.6) is 0 Å². The van der Waals surface area contributed by atoms with E-state index < -0.39 is 23.4 Å². The molecule has 1 saturated carbocycles. The zero-order chi connectivity index (χ0) is 10.5. The summed E-state index contributed by atoms with van der Waals surface area (Å²) < 4.78 is 5.22. The number of aliphatic carboxylic acids is 1. The quantitative estimate of drug-likeness (QED) is 0.639. The second-order valence-electron chi connectivity index (χ2n) is 4.73. The molecule has 1 saturated heterocycles. The highest BCUT2D eigenvalue weighted by Crippen LogP contribution is 2.48. The van der Waals surface area contributed by atoms with Crippen molar-refractivity contribution in [2.24, 2.45) is 17.8 Å². The minimum Gasteiger partial charge on any atom is -0.481 e. The highest BCUT2D eigenvalue weighted by Gasteiger charge is 2.55. The summed E-state index contributed by atoms with van der Waals surface area (Å²) in [7, 11) is 0. The van der Waals surface area contributed by atoms with E-state index in [1.165, 1.54) is 0 Å². The first-order valence-electron chi connectivity index (χ1n) is 4.89. The molecule has 14 heavy (non-hydrogen) atoms. The van der Waals surface area contributed by atoms with Gasteiger partial charge in [0, 0.05) is 6.42 Å². The Balaban J connectivity index is 2.31. The van der Waals surface area contributed by atoms with Crippen LogP contribution in [0, 0.1) is 17.8 Å². The lowest BCUT2D eigenvalue weighted by Gasteiger charge is -2.33. The zero-order valence-electron chi connectivity index (χ0n) is 8.32. The summed E-state index contributed by atoms with van der Waals surface area (Å²) in [6.45, 7) is 3.77. The molecule has 0 aromatic carbocycles. The largest absolute Gasteiger partial charge is 0.481 e. The Morgan fingerprint density at radius 3 is 2.79 bits per heavy atom. The van der Waals surface area contributed by atoms with Crippen LogP contribution in [-0.4, -0.2) is 22.6 Å². The number of ether oxygens (including phenoxy) is 1. The van der Waals surface area contributed by atoms with Gasteiger partial charge in [-0.15, -0.1) is 0 Å². The van der Waals surface area contributed by atoms with Crippen LogP contribution in [0.1, 0.15) is 26.7 Å². The molecule has 4 nitrogen and oxygen atoms in total. The third-order valence-electron chi connectivity index (χ3n) is 3.39. The Hall–Kier alpha value is -1.06. The number of rotatable bonds is 1. The first-order chi connectivity index (χ1) is 6.43. The number of carboxylic acid groups (broad SMARTS) is 1. The predicted molar refractivity (Wildman–Crippen MR) is 47.5 cm³/mol. The Bertz CT molecular complexity index is 298. The van der Waals surface area contributed by atoms with Crippen molar-refractivity contribution in [3.05, 3.63) is 0 Å². The fraction of sp³-hybridized carbons (Fsp3) is 0.800. The maximum atomic E-state index is 11.4. The summed E-state index contributed by atoms with van der Waals surface area (Å²) in [5, 5.41) is 9.02. The molecule has 1 aliphatic heterocycles. The van der Waals surface area contributed by atoms with Crippen molar-refractivity contribution in [3.8, 4) is 0 Å². The van der Waals surface area contributed by atoms with E-state index in [2.05, 4.69) is 0 Å². The highest BCUT2D eigenvalue weighted by molar-refractivity contribution is 5.83. The standard InChI is InChI=1S/C10H14O4/c1-5-3-10(2)4-6(9(13)14-10)7(5)8(11)12/h5-7H,3-4H2,1-2H3,(H,11,12)/t5-,6-,7-,10+/m0/s1. The number of carbonyl (C=O) groups is 2. The molecule has 1 aliphatic carbocycles. The minimum atomic E-state index is -0.872. The van der Waals surface area contributed by atoms with Gasteiger partial charge in [0.25, 0.3) is 0 Å². The molecule has 0 spiro atoms. The van der Waals surface area contributed by atoms with Gasteiger partial charge >= 0.3 is 11.9 Å². The van der Waals surface area contributed by atoms with E-state index in [0.29, 0.717) is 12.8 Å². The normalized spacial score (nSPS) is 46.1. The number of hydrogen-bond acceptors (Lipinski definition) is 3. The molecule has 4 atom stereocenters. The SMILES string of the molecule is C[C@H]1C[C@]2(C)C[C@H](C(=O)O2)[C@H]1C(=O)O. The van der Waals surface area contributed by atoms with Crippen molar-refractivity contribution >= 4 is 11.9 Å². The Morgan fingerprint density at radius 1 is 1.57 bits per heavy atom. The zero-order valence-corrected chi connectivity index (χ0v) is 8.32. The molecular weight excluding hydrogens is 184 g/mol. The molecule has 0 amide bonds. The number of carbonyl (C=O) groups excluding carboxylic acids is 1. The third kappa shape index (κ3) is 1.21. The van der Waals surface area contributed by atoms with Gasteiger partial charge in [-0.3, -0.25) is 9.59 Å². The average Bonchev–Trinajstić information content (AvgIpc) is 2.21. The summed E-state index contributed by atoms with van der Waals surface area (Å²) >= 11 is 0. The van der Waals surface area contributed by atoms with Crippen molar-refractivity contribution in [2.75, 3.05) is 0 Å². The monoisotopic (exact) mass is 198 g/mol. The molecule has 2 rings (SSSR count). The lowest BCUT2D eigenvalue weighted by molar-refractivity contribution is -0.152. The van der Waals surface area contributed by atoms with Crippen molar-refractivity contribution in [3.63, 3.8) is 0 Å². The molecule has 0 aromatic heterocycles. The molecule has 2 aliphatic rings. The molecule has 1 N–H and O–H groups in total. The average molecular weight is 198 g/mol. The van der Waals surface area contributed by atoms with Gasteiger partial charge in [0.2, 0.25) is 0 Å². The van der Waals surface area contributed by atoms with Crippen LogP contribution in [0.3, 0.4) is 0 Å². The first-order valence-corrected chi connectivity index (χ1v) is 4.89. The van der Waals surface area contributed by atoms with Gasteiger partial charge in [-0.1, -0.05) is 6.92 Å². The smallest absolute Gasteiger partial charge is 0.310 e. The van der Waals surface area contributed by atoms with Crippen LogP contribution in [0.2, 0.25) is 0 Å². The molecule has 0 radical (unpaired) electrons. The van der Waals surface area contributed by atoms with Crippen LogP contribution >= 0.6 is 0 Å². The number of hydrogen-bond donors (Lipinski definition) is 1. The van der Waals surface area contributed by atoms with E-state index in [4.69, 9.17) is 9.84 Å². The van der Waals surface area contributed by atoms with Crippen LogP contribution in [0.25, 0.3) is 0 Å². The third-order valence-corrected chi connectivity index (χ3v) is 3.39. The van der Waals surface area contributed by atoms with Crippen LogP contribution in [-0.2, 0) is 14.3 Å². The van der Waals surface area contributed by atoms with E-state index in [0.717, 1.165) is 0 Å². The van der Waals surface area contributed by atoms with E-state index in [-0.39, 0.29) is 11.9 Å². The summed E-state index contributed by atoms with van der Waals surface area (Å²) in [5.74, 6) is -2.17. The molecule has 4 heteroatoms. The lowest BCUT2D eigenvalue weighted by Crippen LogP contribution is -2.39. The molecule has 2 fully saturated rings. The van der Waals surface area contributed by atoms with E-state index in [1.807, 2.05) is 13.8 Å². The summed E-state index contributed by atoms with van der Waals surface area (Å²) in [5.41, 5.74) is -0.410. The molecule has 2 bridgehead atoms. The molecular formula is C10H14O4. The van der Waals surface area contributed by atoms with Gasteiger partial charge in [-0.05, 0) is 19.3 Å². The van der Waals surface area contributed by atoms with E-state index in [1.54, 1.807) is 0 Å². The second kappa shape index (κ2) is 2.72. The van der Waals surface area contributed by atoms with Gasteiger partial charge in [0.05, 0.1) is 11.8 Å². The predicted octanol–water partition coefficient (Wildman–Crippen LogP) is 1.05. The van der Waals surface area contributed by atoms with Gasteiger partial charge in [-0.2, -0.15) is 0 Å². The van der Waals surface area contributed by atoms with Crippen LogP contribution in [0.15, 0.2) is 0 Å². The Morgan fingerprint density at radius 2 is 2.21 bits per heavy atom. The van der Waals surface area contributed by atoms with Gasteiger partial charge < -0.3 is 9.84 Å². The van der Waals surface area contributed by atoms with Gasteiger partial charge in [0.15, 0.2) is 0 Å². The summed E-state index contributed by atoms with van der Waals surface area (Å²) in [6.07, 6.45) is 1.22. The first kappa shape index (κ1) is 9.49. The second-order valence-corrected chi connectivity index (χ2v) is 4.73. The highest BCUT2D eigenvalue weighted by atomic mass is 16.6. The molecule has 78 valence electrons. The fourth-order valence-electron chi connectivity index (χ4n) is 2.93. The topological polar surface area (TPSA) is 63.6 Å².